The highest BCUT2D eigenvalue weighted by molar-refractivity contribution is 8.00. The Morgan fingerprint density at radius 3 is 2.60 bits per heavy atom. The summed E-state index contributed by atoms with van der Waals surface area (Å²) in [7, 11) is 1.33. The van der Waals surface area contributed by atoms with Crippen molar-refractivity contribution in [3.8, 4) is 5.69 Å². The number of amides is 1. The quantitative estimate of drug-likeness (QED) is 0.373. The van der Waals surface area contributed by atoms with E-state index in [1.165, 1.54) is 31.0 Å². The third kappa shape index (κ3) is 5.98. The van der Waals surface area contributed by atoms with E-state index >= 15 is 0 Å². The minimum atomic E-state index is -0.488. The van der Waals surface area contributed by atoms with Crippen molar-refractivity contribution in [3.63, 3.8) is 0 Å². The molecule has 1 N–H and O–H groups in total. The Bertz CT molecular complexity index is 1180. The zero-order valence-corrected chi connectivity index (χ0v) is 20.3. The lowest BCUT2D eigenvalue weighted by molar-refractivity contribution is -0.120. The number of halogens is 1. The predicted octanol–water partition coefficient (Wildman–Crippen LogP) is 2.83. The first kappa shape index (κ1) is 24.7. The molecule has 1 aliphatic heterocycles. The molecule has 0 saturated carbocycles. The van der Waals surface area contributed by atoms with Crippen molar-refractivity contribution in [1.29, 1.82) is 0 Å². The summed E-state index contributed by atoms with van der Waals surface area (Å²) in [5, 5.41) is 11.6. The van der Waals surface area contributed by atoms with E-state index in [2.05, 4.69) is 15.5 Å². The molecule has 0 spiro atoms. The molecule has 11 heteroatoms. The highest BCUT2D eigenvalue weighted by Crippen LogP contribution is 2.30. The maximum absolute atomic E-state index is 14.0. The fourth-order valence-electron chi connectivity index (χ4n) is 3.57. The monoisotopic (exact) mass is 499 g/mol. The van der Waals surface area contributed by atoms with E-state index in [0.29, 0.717) is 55.2 Å². The van der Waals surface area contributed by atoms with Gasteiger partial charge in [-0.25, -0.2) is 9.18 Å². The van der Waals surface area contributed by atoms with E-state index in [9.17, 15) is 14.0 Å². The number of nitrogens with zero attached hydrogens (tertiary/aromatic N) is 4. The van der Waals surface area contributed by atoms with Gasteiger partial charge in [-0.1, -0.05) is 30.0 Å². The number of hydrogen-bond acceptors (Lipinski definition) is 8. The number of thioether (sulfide) groups is 1. The molecule has 0 aliphatic carbocycles. The third-order valence-corrected chi connectivity index (χ3v) is 6.51. The van der Waals surface area contributed by atoms with E-state index in [-0.39, 0.29) is 11.7 Å². The molecule has 9 nitrogen and oxygen atoms in total. The smallest absolute Gasteiger partial charge is 0.337 e. The normalized spacial score (nSPS) is 14.4. The summed E-state index contributed by atoms with van der Waals surface area (Å²) in [5.41, 5.74) is 1.87. The van der Waals surface area contributed by atoms with Crippen LogP contribution in [0.15, 0.2) is 53.7 Å². The third-order valence-electron chi connectivity index (χ3n) is 5.47. The van der Waals surface area contributed by atoms with Crippen molar-refractivity contribution in [2.75, 3.05) is 38.3 Å². The van der Waals surface area contributed by atoms with Crippen LogP contribution in [0.3, 0.4) is 0 Å². The van der Waals surface area contributed by atoms with Gasteiger partial charge < -0.3 is 19.7 Å². The van der Waals surface area contributed by atoms with Crippen LogP contribution in [0.25, 0.3) is 5.69 Å². The number of esters is 1. The van der Waals surface area contributed by atoms with Gasteiger partial charge in [0.15, 0.2) is 5.16 Å². The van der Waals surface area contributed by atoms with Crippen molar-refractivity contribution in [3.05, 3.63) is 65.5 Å². The van der Waals surface area contributed by atoms with E-state index < -0.39 is 11.2 Å². The number of morpholine rings is 1. The second-order valence-electron chi connectivity index (χ2n) is 7.86. The second-order valence-corrected chi connectivity index (χ2v) is 9.17. The van der Waals surface area contributed by atoms with Crippen LogP contribution in [0.5, 0.6) is 0 Å². The summed E-state index contributed by atoms with van der Waals surface area (Å²) in [4.78, 5) is 26.4. The van der Waals surface area contributed by atoms with Gasteiger partial charge >= 0.3 is 5.97 Å². The standard InChI is InChI=1S/C24H26FN5O4S/c1-16(21(31)26-15-17-6-8-18(9-7-17)22(32)33-2)35-24-28-27-23(29-10-12-34-13-11-29)30(24)20-5-3-4-19(25)14-20/h3-9,14,16H,10-13,15H2,1-2H3,(H,26,31). The number of rotatable bonds is 8. The van der Waals surface area contributed by atoms with Gasteiger partial charge in [0, 0.05) is 19.6 Å². The van der Waals surface area contributed by atoms with Gasteiger partial charge in [0.1, 0.15) is 5.82 Å². The fourth-order valence-corrected chi connectivity index (χ4v) is 4.46. The molecule has 1 fully saturated rings. The van der Waals surface area contributed by atoms with Crippen molar-refractivity contribution in [2.24, 2.45) is 0 Å². The zero-order valence-electron chi connectivity index (χ0n) is 19.4. The SMILES string of the molecule is COC(=O)c1ccc(CNC(=O)C(C)Sc2nnc(N3CCOCC3)n2-c2cccc(F)c2)cc1. The summed E-state index contributed by atoms with van der Waals surface area (Å²) in [6.45, 7) is 4.50. The molecule has 2 aromatic carbocycles. The van der Waals surface area contributed by atoms with Crippen LogP contribution in [-0.2, 0) is 20.8 Å². The summed E-state index contributed by atoms with van der Waals surface area (Å²) in [5.74, 6) is -0.387. The molecular weight excluding hydrogens is 473 g/mol. The number of benzene rings is 2. The Morgan fingerprint density at radius 2 is 1.91 bits per heavy atom. The molecule has 0 radical (unpaired) electrons. The molecule has 1 aliphatic rings. The Morgan fingerprint density at radius 1 is 1.17 bits per heavy atom. The Balaban J connectivity index is 1.47. The molecule has 2 heterocycles. The van der Waals surface area contributed by atoms with Crippen molar-refractivity contribution in [2.45, 2.75) is 23.9 Å². The zero-order chi connectivity index (χ0) is 24.8. The summed E-state index contributed by atoms with van der Waals surface area (Å²) in [6, 6.07) is 13.0. The van der Waals surface area contributed by atoms with E-state index in [4.69, 9.17) is 9.47 Å². The molecule has 4 rings (SSSR count). The van der Waals surface area contributed by atoms with E-state index in [1.807, 2.05) is 4.90 Å². The lowest BCUT2D eigenvalue weighted by Gasteiger charge is -2.28. The Hall–Kier alpha value is -3.44. The first-order valence-corrected chi connectivity index (χ1v) is 12.0. The molecule has 1 aromatic heterocycles. The van der Waals surface area contributed by atoms with Crippen LogP contribution in [-0.4, -0.2) is 65.3 Å². The van der Waals surface area contributed by atoms with E-state index in [1.54, 1.807) is 47.9 Å². The highest BCUT2D eigenvalue weighted by Gasteiger charge is 2.25. The number of carbonyl (C=O) groups excluding carboxylic acids is 2. The number of anilines is 1. The topological polar surface area (TPSA) is 98.6 Å². The van der Waals surface area contributed by atoms with E-state index in [0.717, 1.165) is 5.56 Å². The minimum Gasteiger partial charge on any atom is -0.465 e. The fraction of sp³-hybridized carbons (Fsp3) is 0.333. The van der Waals surface area contributed by atoms with Gasteiger partial charge in [0.25, 0.3) is 0 Å². The summed E-state index contributed by atoms with van der Waals surface area (Å²) < 4.78 is 25.9. The first-order valence-electron chi connectivity index (χ1n) is 11.1. The Labute approximate surface area is 206 Å². The number of carbonyl (C=O) groups is 2. The summed E-state index contributed by atoms with van der Waals surface area (Å²) >= 11 is 1.24. The van der Waals surface area contributed by atoms with Gasteiger partial charge in [-0.15, -0.1) is 10.2 Å². The van der Waals surface area contributed by atoms with Gasteiger partial charge in [-0.3, -0.25) is 9.36 Å². The van der Waals surface area contributed by atoms with Gasteiger partial charge in [-0.05, 0) is 42.8 Å². The molecule has 1 unspecified atom stereocenters. The van der Waals surface area contributed by atoms with Crippen molar-refractivity contribution >= 4 is 29.6 Å². The second kappa shape index (κ2) is 11.3. The van der Waals surface area contributed by atoms with Crippen LogP contribution in [0.1, 0.15) is 22.8 Å². The lowest BCUT2D eigenvalue weighted by atomic mass is 10.1. The molecular formula is C24H26FN5O4S. The maximum atomic E-state index is 14.0. The highest BCUT2D eigenvalue weighted by atomic mass is 32.2. The molecule has 0 bridgehead atoms. The molecule has 1 saturated heterocycles. The molecule has 35 heavy (non-hydrogen) atoms. The van der Waals surface area contributed by atoms with Crippen LogP contribution in [0.2, 0.25) is 0 Å². The number of hydrogen-bond donors (Lipinski definition) is 1. The number of ether oxygens (including phenoxy) is 2. The van der Waals surface area contributed by atoms with Crippen LogP contribution >= 0.6 is 11.8 Å². The van der Waals surface area contributed by atoms with Gasteiger partial charge in [-0.2, -0.15) is 0 Å². The van der Waals surface area contributed by atoms with Crippen LogP contribution in [0.4, 0.5) is 10.3 Å². The average molecular weight is 500 g/mol. The van der Waals surface area contributed by atoms with Crippen molar-refractivity contribution < 1.29 is 23.5 Å². The summed E-state index contributed by atoms with van der Waals surface area (Å²) in [6.07, 6.45) is 0. The number of nitrogens with one attached hydrogen (secondary N) is 1. The largest absolute Gasteiger partial charge is 0.465 e. The first-order chi connectivity index (χ1) is 17.0. The maximum Gasteiger partial charge on any atom is 0.337 e. The van der Waals surface area contributed by atoms with Crippen molar-refractivity contribution in [1.82, 2.24) is 20.1 Å². The van der Waals surface area contributed by atoms with Gasteiger partial charge in [0.05, 0.1) is 36.8 Å². The number of aromatic nitrogens is 3. The molecule has 1 amide bonds. The average Bonchev–Trinajstić information content (AvgIpc) is 3.31. The molecule has 184 valence electrons. The molecule has 1 atom stereocenters. The van der Waals surface area contributed by atoms with Gasteiger partial charge in [0.2, 0.25) is 11.9 Å². The minimum absolute atomic E-state index is 0.186. The number of methoxy groups -OCH3 is 1. The predicted molar refractivity (Wildman–Crippen MR) is 129 cm³/mol. The molecule has 3 aromatic rings. The van der Waals surface area contributed by atoms with Crippen LogP contribution < -0.4 is 10.2 Å². The van der Waals surface area contributed by atoms with Crippen LogP contribution in [0, 0.1) is 5.82 Å². The lowest BCUT2D eigenvalue weighted by Crippen LogP contribution is -2.38. The Kier molecular flexibility index (Phi) is 7.98.